The van der Waals surface area contributed by atoms with E-state index in [-0.39, 0.29) is 11.8 Å². The van der Waals surface area contributed by atoms with Gasteiger partial charge in [0.05, 0.1) is 12.2 Å². The molecule has 0 aromatic carbocycles. The predicted octanol–water partition coefficient (Wildman–Crippen LogP) is 1.30. The molecule has 2 aromatic rings. The molecule has 2 N–H and O–H groups in total. The first-order valence-electron chi connectivity index (χ1n) is 6.81. The van der Waals surface area contributed by atoms with E-state index in [0.29, 0.717) is 24.9 Å². The molecule has 0 fully saturated rings. The summed E-state index contributed by atoms with van der Waals surface area (Å²) in [5, 5.41) is 4.11. The Morgan fingerprint density at radius 3 is 3.24 bits per heavy atom. The summed E-state index contributed by atoms with van der Waals surface area (Å²) >= 11 is 0. The number of nitrogens with two attached hydrogens (primary N) is 1. The second-order valence-electron chi connectivity index (χ2n) is 4.68. The van der Waals surface area contributed by atoms with Crippen LogP contribution in [0.3, 0.4) is 0 Å². The van der Waals surface area contributed by atoms with Crippen LogP contribution < -0.4 is 15.2 Å². The summed E-state index contributed by atoms with van der Waals surface area (Å²) in [5.74, 6) is 0.549. The summed E-state index contributed by atoms with van der Waals surface area (Å²) in [6.45, 7) is 3.10. The van der Waals surface area contributed by atoms with Gasteiger partial charge in [0.2, 0.25) is 11.8 Å². The fourth-order valence-corrected chi connectivity index (χ4v) is 2.34. The summed E-state index contributed by atoms with van der Waals surface area (Å²) < 4.78 is 13.1. The minimum Gasteiger partial charge on any atom is -0.478 e. The second kappa shape index (κ2) is 5.43. The van der Waals surface area contributed by atoms with Crippen molar-refractivity contribution in [3.63, 3.8) is 0 Å². The van der Waals surface area contributed by atoms with Crippen LogP contribution in [-0.2, 0) is 6.54 Å². The molecule has 3 rings (SSSR count). The van der Waals surface area contributed by atoms with Gasteiger partial charge in [-0.05, 0) is 19.1 Å². The van der Waals surface area contributed by atoms with Crippen LogP contribution in [0.2, 0.25) is 0 Å². The molecule has 2 aromatic heterocycles. The molecule has 1 aliphatic heterocycles. The van der Waals surface area contributed by atoms with E-state index < -0.39 is 5.91 Å². The van der Waals surface area contributed by atoms with Crippen molar-refractivity contribution in [1.29, 1.82) is 0 Å². The van der Waals surface area contributed by atoms with Crippen molar-refractivity contribution in [2.75, 3.05) is 6.61 Å². The number of hydrogen-bond donors (Lipinski definition) is 1. The van der Waals surface area contributed by atoms with Crippen LogP contribution in [0.5, 0.6) is 11.8 Å². The van der Waals surface area contributed by atoms with Gasteiger partial charge in [-0.1, -0.05) is 0 Å². The van der Waals surface area contributed by atoms with Gasteiger partial charge in [0.25, 0.3) is 5.91 Å². The van der Waals surface area contributed by atoms with E-state index in [4.69, 9.17) is 15.2 Å². The maximum atomic E-state index is 11.2. The van der Waals surface area contributed by atoms with Crippen molar-refractivity contribution < 1.29 is 14.3 Å². The number of fused-ring (bicyclic) bond motifs is 1. The van der Waals surface area contributed by atoms with Crippen molar-refractivity contribution in [3.05, 3.63) is 35.7 Å². The Morgan fingerprint density at radius 2 is 2.48 bits per heavy atom. The van der Waals surface area contributed by atoms with Gasteiger partial charge in [-0.25, -0.2) is 9.67 Å². The van der Waals surface area contributed by atoms with Crippen molar-refractivity contribution in [2.45, 2.75) is 26.0 Å². The molecule has 0 saturated carbocycles. The van der Waals surface area contributed by atoms with Crippen LogP contribution in [0.4, 0.5) is 0 Å². The highest BCUT2D eigenvalue weighted by Gasteiger charge is 2.26. The molecule has 1 unspecified atom stereocenters. The minimum atomic E-state index is -0.562. The Kier molecular flexibility index (Phi) is 3.47. The zero-order valence-electron chi connectivity index (χ0n) is 11.7. The van der Waals surface area contributed by atoms with Crippen molar-refractivity contribution in [2.24, 2.45) is 5.73 Å². The SMILES string of the molecule is CCOc1ncccc1C1CCn2nc(C(N)=O)cc2O1. The molecule has 0 aliphatic carbocycles. The average molecular weight is 288 g/mol. The topological polar surface area (TPSA) is 92.3 Å². The molecule has 3 heterocycles. The van der Waals surface area contributed by atoms with Gasteiger partial charge in [-0.2, -0.15) is 5.10 Å². The third-order valence-electron chi connectivity index (χ3n) is 3.29. The van der Waals surface area contributed by atoms with E-state index in [1.807, 2.05) is 19.1 Å². The molecule has 0 saturated heterocycles. The molecule has 1 aliphatic rings. The maximum absolute atomic E-state index is 11.2. The third kappa shape index (κ3) is 2.54. The summed E-state index contributed by atoms with van der Waals surface area (Å²) in [6.07, 6.45) is 2.23. The standard InChI is InChI=1S/C14H16N4O3/c1-2-20-14-9(4-3-6-16-14)11-5-7-18-12(21-11)8-10(17-18)13(15)19/h3-4,6,8,11H,2,5,7H2,1H3,(H2,15,19). The Bertz CT molecular complexity index is 668. The number of carbonyl (C=O) groups is 1. The van der Waals surface area contributed by atoms with E-state index in [2.05, 4.69) is 10.1 Å². The normalized spacial score (nSPS) is 16.9. The first kappa shape index (κ1) is 13.4. The highest BCUT2D eigenvalue weighted by atomic mass is 16.5. The van der Waals surface area contributed by atoms with Crippen LogP contribution in [0.15, 0.2) is 24.4 Å². The number of pyridine rings is 1. The van der Waals surface area contributed by atoms with Crippen LogP contribution in [0, 0.1) is 0 Å². The van der Waals surface area contributed by atoms with Gasteiger partial charge < -0.3 is 15.2 Å². The smallest absolute Gasteiger partial charge is 0.269 e. The molecule has 0 spiro atoms. The Hall–Kier alpha value is -2.57. The monoisotopic (exact) mass is 288 g/mol. The molecule has 1 amide bonds. The summed E-state index contributed by atoms with van der Waals surface area (Å²) in [4.78, 5) is 15.4. The fourth-order valence-electron chi connectivity index (χ4n) is 2.34. The van der Waals surface area contributed by atoms with E-state index in [1.165, 1.54) is 0 Å². The molecule has 0 bridgehead atoms. The summed E-state index contributed by atoms with van der Waals surface area (Å²) in [6, 6.07) is 5.34. The van der Waals surface area contributed by atoms with E-state index in [9.17, 15) is 4.79 Å². The van der Waals surface area contributed by atoms with E-state index >= 15 is 0 Å². The summed E-state index contributed by atoms with van der Waals surface area (Å²) in [7, 11) is 0. The lowest BCUT2D eigenvalue weighted by molar-refractivity contribution is 0.0994. The number of hydrogen-bond acceptors (Lipinski definition) is 5. The molecule has 1 atom stereocenters. The zero-order valence-corrected chi connectivity index (χ0v) is 11.7. The number of ether oxygens (including phenoxy) is 2. The molecule has 110 valence electrons. The number of aromatic nitrogens is 3. The average Bonchev–Trinajstić information content (AvgIpc) is 2.91. The number of nitrogens with zero attached hydrogens (tertiary/aromatic N) is 3. The van der Waals surface area contributed by atoms with Crippen LogP contribution in [0.1, 0.15) is 35.5 Å². The van der Waals surface area contributed by atoms with Gasteiger partial charge in [-0.15, -0.1) is 0 Å². The van der Waals surface area contributed by atoms with E-state index in [0.717, 1.165) is 12.0 Å². The minimum absolute atomic E-state index is 0.176. The Balaban J connectivity index is 1.87. The van der Waals surface area contributed by atoms with Crippen LogP contribution in [-0.4, -0.2) is 27.3 Å². The second-order valence-corrected chi connectivity index (χ2v) is 4.68. The zero-order chi connectivity index (χ0) is 14.8. The van der Waals surface area contributed by atoms with Crippen molar-refractivity contribution in [1.82, 2.24) is 14.8 Å². The van der Waals surface area contributed by atoms with Crippen molar-refractivity contribution >= 4 is 5.91 Å². The molecule has 7 nitrogen and oxygen atoms in total. The van der Waals surface area contributed by atoms with Gasteiger partial charge in [0, 0.05) is 25.2 Å². The van der Waals surface area contributed by atoms with E-state index in [1.54, 1.807) is 16.9 Å². The quantitative estimate of drug-likeness (QED) is 0.915. The number of carbonyl (C=O) groups excluding carboxylic acids is 1. The highest BCUT2D eigenvalue weighted by molar-refractivity contribution is 5.91. The molecular weight excluding hydrogens is 272 g/mol. The Labute approximate surface area is 121 Å². The predicted molar refractivity (Wildman–Crippen MR) is 74.1 cm³/mol. The number of rotatable bonds is 4. The first-order chi connectivity index (χ1) is 10.2. The van der Waals surface area contributed by atoms with Gasteiger partial charge in [-0.3, -0.25) is 4.79 Å². The lowest BCUT2D eigenvalue weighted by Gasteiger charge is -2.25. The van der Waals surface area contributed by atoms with Crippen LogP contribution >= 0.6 is 0 Å². The summed E-state index contributed by atoms with van der Waals surface area (Å²) in [5.41, 5.74) is 6.34. The van der Waals surface area contributed by atoms with Gasteiger partial charge in [0.1, 0.15) is 6.10 Å². The molecule has 7 heteroatoms. The van der Waals surface area contributed by atoms with Gasteiger partial charge >= 0.3 is 0 Å². The lowest BCUT2D eigenvalue weighted by atomic mass is 10.1. The van der Waals surface area contributed by atoms with Crippen molar-refractivity contribution in [3.8, 4) is 11.8 Å². The molecule has 21 heavy (non-hydrogen) atoms. The highest BCUT2D eigenvalue weighted by Crippen LogP contribution is 2.34. The number of amides is 1. The largest absolute Gasteiger partial charge is 0.478 e. The lowest BCUT2D eigenvalue weighted by Crippen LogP contribution is -2.21. The third-order valence-corrected chi connectivity index (χ3v) is 3.29. The molecular formula is C14H16N4O3. The van der Waals surface area contributed by atoms with Gasteiger partial charge in [0.15, 0.2) is 5.69 Å². The molecule has 0 radical (unpaired) electrons. The number of primary amides is 1. The fraction of sp³-hybridized carbons (Fsp3) is 0.357. The first-order valence-corrected chi connectivity index (χ1v) is 6.81. The number of aryl methyl sites for hydroxylation is 1. The van der Waals surface area contributed by atoms with Crippen LogP contribution in [0.25, 0.3) is 0 Å². The Morgan fingerprint density at radius 1 is 1.62 bits per heavy atom. The maximum Gasteiger partial charge on any atom is 0.269 e.